The highest BCUT2D eigenvalue weighted by Crippen LogP contribution is 2.44. The van der Waals surface area contributed by atoms with Crippen LogP contribution in [0.4, 0.5) is 24.5 Å². The second-order valence-electron chi connectivity index (χ2n) is 7.93. The average molecular weight is 489 g/mol. The summed E-state index contributed by atoms with van der Waals surface area (Å²) in [6, 6.07) is 8.53. The molecule has 5 nitrogen and oxygen atoms in total. The van der Waals surface area contributed by atoms with Gasteiger partial charge in [0.15, 0.2) is 0 Å². The molecule has 1 aromatic carbocycles. The monoisotopic (exact) mass is 488 g/mol. The number of fused-ring (bicyclic) bond motifs is 2. The number of amides is 1. The number of halogens is 3. The number of nitrogen functional groups attached to an aromatic ring is 1. The number of hydrogen-bond donors (Lipinski definition) is 2. The number of rotatable bonds is 3. The fraction of sp³-hybridized carbons (Fsp3) is 0.217. The number of nitrogens with two attached hydrogens (primary N) is 1. The first kappa shape index (κ1) is 21.9. The Balaban J connectivity index is 1.60. The van der Waals surface area contributed by atoms with Crippen LogP contribution < -0.4 is 11.1 Å². The maximum atomic E-state index is 13.0. The van der Waals surface area contributed by atoms with E-state index in [2.05, 4.69) is 17.3 Å². The summed E-state index contributed by atoms with van der Waals surface area (Å²) in [4.78, 5) is 22.0. The summed E-state index contributed by atoms with van der Waals surface area (Å²) in [6.07, 6.45) is -3.70. The van der Waals surface area contributed by atoms with Crippen LogP contribution in [0.3, 0.4) is 0 Å². The number of anilines is 2. The Kier molecular flexibility index (Phi) is 5.38. The third-order valence-corrected chi connectivity index (χ3v) is 7.63. The van der Waals surface area contributed by atoms with Crippen molar-refractivity contribution in [2.24, 2.45) is 0 Å². The first-order valence-electron chi connectivity index (χ1n) is 10.2. The number of nitrogens with zero attached hydrogens (tertiary/aromatic N) is 2. The molecule has 1 aliphatic heterocycles. The molecular weight excluding hydrogens is 469 g/mol. The molecule has 33 heavy (non-hydrogen) atoms. The third kappa shape index (κ3) is 3.98. The molecule has 170 valence electrons. The number of pyridine rings is 1. The predicted octanol–water partition coefficient (Wildman–Crippen LogP) is 5.87. The molecule has 4 aromatic rings. The molecule has 3 aromatic heterocycles. The lowest BCUT2D eigenvalue weighted by atomic mass is 9.96. The van der Waals surface area contributed by atoms with Gasteiger partial charge in [-0.15, -0.1) is 22.7 Å². The number of benzene rings is 1. The summed E-state index contributed by atoms with van der Waals surface area (Å²) in [5.41, 5.74) is 9.10. The highest BCUT2D eigenvalue weighted by Gasteiger charge is 2.31. The van der Waals surface area contributed by atoms with Crippen LogP contribution in [0.1, 0.15) is 26.5 Å². The van der Waals surface area contributed by atoms with E-state index in [4.69, 9.17) is 10.7 Å². The fourth-order valence-electron chi connectivity index (χ4n) is 4.08. The summed E-state index contributed by atoms with van der Waals surface area (Å²) in [5, 5.41) is 5.28. The fourth-order valence-corrected chi connectivity index (χ4v) is 5.91. The van der Waals surface area contributed by atoms with Crippen molar-refractivity contribution in [3.63, 3.8) is 0 Å². The molecule has 0 fully saturated rings. The Bertz CT molecular complexity index is 1360. The molecule has 0 spiro atoms. The van der Waals surface area contributed by atoms with Crippen molar-refractivity contribution in [2.75, 3.05) is 24.6 Å². The lowest BCUT2D eigenvalue weighted by molar-refractivity contribution is -0.137. The number of likely N-dealkylation sites (N-methyl/N-ethyl adjacent to an activating group) is 1. The van der Waals surface area contributed by atoms with Crippen molar-refractivity contribution >= 4 is 50.2 Å². The predicted molar refractivity (Wildman–Crippen MR) is 127 cm³/mol. The number of alkyl halides is 3. The standard InChI is InChI=1S/C23H19F3N4OS2/c1-30-8-7-15-14(11-30)17(16-6-3-9-32-16)18-19(27)20(33-22(18)29-15)21(31)28-13-5-2-4-12(10-13)23(24,25)26/h2-6,9-10H,7-8,11,27H2,1H3,(H,28,31). The van der Waals surface area contributed by atoms with Gasteiger partial charge in [-0.3, -0.25) is 4.79 Å². The summed E-state index contributed by atoms with van der Waals surface area (Å²) in [6.45, 7) is 1.62. The van der Waals surface area contributed by atoms with Crippen molar-refractivity contribution in [3.05, 3.63) is 63.5 Å². The summed E-state index contributed by atoms with van der Waals surface area (Å²) < 4.78 is 39.1. The normalized spacial score (nSPS) is 14.4. The highest BCUT2D eigenvalue weighted by molar-refractivity contribution is 7.21. The Morgan fingerprint density at radius 1 is 1.24 bits per heavy atom. The minimum Gasteiger partial charge on any atom is -0.397 e. The Morgan fingerprint density at radius 3 is 2.79 bits per heavy atom. The number of carbonyl (C=O) groups excluding carboxylic acids is 1. The lowest BCUT2D eigenvalue weighted by Crippen LogP contribution is -2.27. The van der Waals surface area contributed by atoms with Gasteiger partial charge in [0, 0.05) is 46.7 Å². The van der Waals surface area contributed by atoms with Crippen molar-refractivity contribution in [1.82, 2.24) is 9.88 Å². The van der Waals surface area contributed by atoms with Crippen molar-refractivity contribution in [2.45, 2.75) is 19.1 Å². The first-order chi connectivity index (χ1) is 15.7. The van der Waals surface area contributed by atoms with E-state index in [0.717, 1.165) is 58.7 Å². The van der Waals surface area contributed by atoms with Gasteiger partial charge in [-0.05, 0) is 42.3 Å². The van der Waals surface area contributed by atoms with Gasteiger partial charge in [-0.1, -0.05) is 12.1 Å². The van der Waals surface area contributed by atoms with Gasteiger partial charge < -0.3 is 16.0 Å². The van der Waals surface area contributed by atoms with Crippen LogP contribution in [0.5, 0.6) is 0 Å². The van der Waals surface area contributed by atoms with E-state index in [1.165, 1.54) is 23.5 Å². The third-order valence-electron chi connectivity index (χ3n) is 5.64. The quantitative estimate of drug-likeness (QED) is 0.379. The first-order valence-corrected chi connectivity index (χ1v) is 11.9. The molecule has 0 radical (unpaired) electrons. The van der Waals surface area contributed by atoms with E-state index in [0.29, 0.717) is 10.5 Å². The van der Waals surface area contributed by atoms with Crippen LogP contribution in [0.25, 0.3) is 20.7 Å². The van der Waals surface area contributed by atoms with Crippen LogP contribution in [0.15, 0.2) is 41.8 Å². The van der Waals surface area contributed by atoms with Crippen molar-refractivity contribution in [1.29, 1.82) is 0 Å². The Morgan fingerprint density at radius 2 is 2.06 bits per heavy atom. The molecule has 0 saturated carbocycles. The zero-order valence-corrected chi connectivity index (χ0v) is 19.1. The second-order valence-corrected chi connectivity index (χ2v) is 9.88. The molecule has 3 N–H and O–H groups in total. The highest BCUT2D eigenvalue weighted by atomic mass is 32.1. The smallest absolute Gasteiger partial charge is 0.397 e. The van der Waals surface area contributed by atoms with Gasteiger partial charge in [0.2, 0.25) is 0 Å². The van der Waals surface area contributed by atoms with E-state index in [-0.39, 0.29) is 10.6 Å². The zero-order chi connectivity index (χ0) is 23.3. The summed E-state index contributed by atoms with van der Waals surface area (Å²) in [5.74, 6) is -0.554. The maximum absolute atomic E-state index is 13.0. The zero-order valence-electron chi connectivity index (χ0n) is 17.5. The number of aromatic nitrogens is 1. The number of thiophene rings is 2. The Hall–Kier alpha value is -2.95. The maximum Gasteiger partial charge on any atom is 0.416 e. The molecule has 5 rings (SSSR count). The van der Waals surface area contributed by atoms with Gasteiger partial charge in [0.1, 0.15) is 9.71 Å². The molecule has 0 aliphatic carbocycles. The minimum absolute atomic E-state index is 0.0547. The molecule has 4 heterocycles. The van der Waals surface area contributed by atoms with Crippen LogP contribution in [0.2, 0.25) is 0 Å². The van der Waals surface area contributed by atoms with Gasteiger partial charge >= 0.3 is 6.18 Å². The van der Waals surface area contributed by atoms with E-state index in [9.17, 15) is 18.0 Å². The SMILES string of the molecule is CN1CCc2nc3sc(C(=O)Nc4cccc(C(F)(F)F)c4)c(N)c3c(-c3cccs3)c2C1. The van der Waals surface area contributed by atoms with Gasteiger partial charge in [0.25, 0.3) is 5.91 Å². The topological polar surface area (TPSA) is 71.2 Å². The van der Waals surface area contributed by atoms with E-state index < -0.39 is 17.6 Å². The molecule has 0 unspecified atom stereocenters. The molecular formula is C23H19F3N4OS2. The van der Waals surface area contributed by atoms with Crippen LogP contribution in [0, 0.1) is 0 Å². The minimum atomic E-state index is -4.50. The van der Waals surface area contributed by atoms with Gasteiger partial charge in [0.05, 0.1) is 11.3 Å². The average Bonchev–Trinajstić information content (AvgIpc) is 3.40. The van der Waals surface area contributed by atoms with E-state index in [1.807, 2.05) is 17.5 Å². The van der Waals surface area contributed by atoms with Gasteiger partial charge in [-0.25, -0.2) is 4.98 Å². The van der Waals surface area contributed by atoms with Crippen molar-refractivity contribution < 1.29 is 18.0 Å². The molecule has 0 atom stereocenters. The molecule has 10 heteroatoms. The largest absolute Gasteiger partial charge is 0.416 e. The number of hydrogen-bond acceptors (Lipinski definition) is 6. The van der Waals surface area contributed by atoms with Crippen LogP contribution >= 0.6 is 22.7 Å². The number of carbonyl (C=O) groups is 1. The number of nitrogens with one attached hydrogen (secondary N) is 1. The Labute approximate surface area is 195 Å². The lowest BCUT2D eigenvalue weighted by Gasteiger charge is -2.26. The molecule has 1 aliphatic rings. The van der Waals surface area contributed by atoms with Crippen LogP contribution in [-0.4, -0.2) is 29.4 Å². The van der Waals surface area contributed by atoms with Gasteiger partial charge in [-0.2, -0.15) is 13.2 Å². The second kappa shape index (κ2) is 8.12. The van der Waals surface area contributed by atoms with Crippen molar-refractivity contribution in [3.8, 4) is 10.4 Å². The molecule has 0 bridgehead atoms. The summed E-state index contributed by atoms with van der Waals surface area (Å²) >= 11 is 2.76. The molecule has 0 saturated heterocycles. The van der Waals surface area contributed by atoms with E-state index in [1.54, 1.807) is 11.3 Å². The van der Waals surface area contributed by atoms with E-state index >= 15 is 0 Å². The van der Waals surface area contributed by atoms with Crippen LogP contribution in [-0.2, 0) is 19.1 Å². The molecule has 1 amide bonds. The summed E-state index contributed by atoms with van der Waals surface area (Å²) in [7, 11) is 2.05.